The number of carbonyl (C=O) groups is 3. The molecule has 5 fully saturated rings. The van der Waals surface area contributed by atoms with Crippen LogP contribution in [0.3, 0.4) is 0 Å². The van der Waals surface area contributed by atoms with Crippen LogP contribution in [-0.2, 0) is 14.3 Å². The number of methoxy groups -OCH3 is 1. The lowest BCUT2D eigenvalue weighted by Crippen LogP contribution is -2.69. The van der Waals surface area contributed by atoms with E-state index in [0.29, 0.717) is 35.4 Å². The average molecular weight is 583 g/mol. The Bertz CT molecular complexity index is 1150. The summed E-state index contributed by atoms with van der Waals surface area (Å²) in [4.78, 5) is 39.1. The largest absolute Gasteiger partial charge is 0.467 e. The number of urea groups is 1. The van der Waals surface area contributed by atoms with Gasteiger partial charge >= 0.3 is 12.0 Å². The summed E-state index contributed by atoms with van der Waals surface area (Å²) in [6.07, 6.45) is 10.5. The number of ketones is 1. The zero-order valence-corrected chi connectivity index (χ0v) is 28.0. The van der Waals surface area contributed by atoms with E-state index >= 15 is 0 Å². The molecule has 10 atom stereocenters. The molecule has 0 bridgehead atoms. The molecule has 5 rings (SSSR count). The third-order valence-corrected chi connectivity index (χ3v) is 14.6. The van der Waals surface area contributed by atoms with Gasteiger partial charge in [-0.1, -0.05) is 60.6 Å². The molecule has 0 saturated heterocycles. The Morgan fingerprint density at radius 2 is 1.60 bits per heavy atom. The molecular weight excluding hydrogens is 524 g/mol. The van der Waals surface area contributed by atoms with Gasteiger partial charge in [-0.3, -0.25) is 4.79 Å². The smallest absolute Gasteiger partial charge is 0.328 e. The standard InChI is InChI=1S/C36H58N2O4/c1-21(2)23-13-18-36(38-31(41)37-29(22(3)4)30(40)42-10)20-19-34(8)24(28(23)36)11-12-26-33(7)16-15-27(39)32(5,6)25(33)14-17-35(26,34)9/h22-26,28-29H,1,11-20H2,2-10H3,(H2,37,38,41)/t23-,24+,25-,26+,28+,29+,33-,34-,35+,36-/m0/s1. The van der Waals surface area contributed by atoms with Gasteiger partial charge < -0.3 is 15.4 Å². The molecular formula is C36H58N2O4. The van der Waals surface area contributed by atoms with E-state index in [0.717, 1.165) is 44.9 Å². The van der Waals surface area contributed by atoms with Crippen LogP contribution in [0, 0.1) is 57.2 Å². The Morgan fingerprint density at radius 3 is 2.21 bits per heavy atom. The number of ether oxygens (including phenoxy) is 1. The van der Waals surface area contributed by atoms with Crippen LogP contribution in [0.15, 0.2) is 12.2 Å². The van der Waals surface area contributed by atoms with Crippen molar-refractivity contribution in [1.82, 2.24) is 10.6 Å². The van der Waals surface area contributed by atoms with Crippen molar-refractivity contribution in [1.29, 1.82) is 0 Å². The predicted octanol–water partition coefficient (Wildman–Crippen LogP) is 7.46. The molecule has 0 spiro atoms. The molecule has 0 aromatic carbocycles. The fourth-order valence-corrected chi connectivity index (χ4v) is 12.2. The van der Waals surface area contributed by atoms with E-state index in [2.05, 4.69) is 58.8 Å². The Kier molecular flexibility index (Phi) is 7.79. The summed E-state index contributed by atoms with van der Waals surface area (Å²) in [6, 6.07) is -0.925. The first-order valence-corrected chi connectivity index (χ1v) is 16.8. The Hall–Kier alpha value is -1.85. The number of fused-ring (bicyclic) bond motifs is 7. The van der Waals surface area contributed by atoms with Gasteiger partial charge in [-0.05, 0) is 116 Å². The van der Waals surface area contributed by atoms with E-state index in [1.54, 1.807) is 0 Å². The monoisotopic (exact) mass is 582 g/mol. The van der Waals surface area contributed by atoms with E-state index in [1.165, 1.54) is 31.9 Å². The highest BCUT2D eigenvalue weighted by atomic mass is 16.5. The van der Waals surface area contributed by atoms with Crippen molar-refractivity contribution in [3.05, 3.63) is 12.2 Å². The molecule has 236 valence electrons. The van der Waals surface area contributed by atoms with Gasteiger partial charge in [0.05, 0.1) is 7.11 Å². The topological polar surface area (TPSA) is 84.5 Å². The van der Waals surface area contributed by atoms with Crippen molar-refractivity contribution >= 4 is 17.8 Å². The maximum absolute atomic E-state index is 13.6. The lowest BCUT2D eigenvalue weighted by Gasteiger charge is -2.72. The summed E-state index contributed by atoms with van der Waals surface area (Å²) < 4.78 is 5.00. The van der Waals surface area contributed by atoms with E-state index in [1.807, 2.05) is 13.8 Å². The van der Waals surface area contributed by atoms with E-state index in [9.17, 15) is 14.4 Å². The molecule has 2 amide bonds. The molecule has 5 saturated carbocycles. The maximum atomic E-state index is 13.6. The number of rotatable bonds is 5. The van der Waals surface area contributed by atoms with Crippen LogP contribution in [-0.4, -0.2) is 36.5 Å². The lowest BCUT2D eigenvalue weighted by molar-refractivity contribution is -0.228. The van der Waals surface area contributed by atoms with Crippen LogP contribution < -0.4 is 10.6 Å². The van der Waals surface area contributed by atoms with E-state index in [4.69, 9.17) is 4.74 Å². The number of hydrogen-bond donors (Lipinski definition) is 2. The van der Waals surface area contributed by atoms with Gasteiger partial charge in [-0.25, -0.2) is 9.59 Å². The van der Waals surface area contributed by atoms with Crippen molar-refractivity contribution < 1.29 is 19.1 Å². The molecule has 0 unspecified atom stereocenters. The van der Waals surface area contributed by atoms with Gasteiger partial charge in [0.15, 0.2) is 0 Å². The normalized spacial score (nSPS) is 44.6. The number of carbonyl (C=O) groups excluding carboxylic acids is 3. The van der Waals surface area contributed by atoms with Crippen LogP contribution >= 0.6 is 0 Å². The second kappa shape index (κ2) is 10.4. The summed E-state index contributed by atoms with van der Waals surface area (Å²) in [5.74, 6) is 2.27. The Labute approximate surface area is 254 Å². The minimum Gasteiger partial charge on any atom is -0.467 e. The number of amides is 2. The summed E-state index contributed by atoms with van der Waals surface area (Å²) in [5, 5.41) is 6.48. The zero-order chi connectivity index (χ0) is 31.0. The molecule has 0 aromatic rings. The Morgan fingerprint density at radius 1 is 0.905 bits per heavy atom. The first-order chi connectivity index (χ1) is 19.5. The molecule has 6 heteroatoms. The molecule has 0 radical (unpaired) electrons. The molecule has 0 aromatic heterocycles. The molecule has 6 nitrogen and oxygen atoms in total. The average Bonchev–Trinajstić information content (AvgIpc) is 3.29. The lowest BCUT2D eigenvalue weighted by atomic mass is 9.32. The van der Waals surface area contributed by atoms with Crippen molar-refractivity contribution in [2.24, 2.45) is 57.2 Å². The number of hydrogen-bond acceptors (Lipinski definition) is 4. The van der Waals surface area contributed by atoms with Gasteiger partial charge in [0.25, 0.3) is 0 Å². The summed E-state index contributed by atoms with van der Waals surface area (Å²) >= 11 is 0. The van der Waals surface area contributed by atoms with Gasteiger partial charge in [-0.15, -0.1) is 0 Å². The Balaban J connectivity index is 1.47. The SMILES string of the molecule is C=C(C)[C@@H]1CC[C@]2(NC(=O)N[C@@H](C(=O)OC)C(C)C)CC[C@@]3(C)[C@H](CC[C@@H]4[C@@]5(C)CCC(=O)C(C)(C)[C@@H]5CC[C@]43C)[C@@H]12. The fourth-order valence-electron chi connectivity index (χ4n) is 12.2. The summed E-state index contributed by atoms with van der Waals surface area (Å²) in [5.41, 5.74) is 1.25. The second-order valence-corrected chi connectivity index (χ2v) is 16.8. The molecule has 2 N–H and O–H groups in total. The fraction of sp³-hybridized carbons (Fsp3) is 0.861. The zero-order valence-electron chi connectivity index (χ0n) is 28.0. The summed E-state index contributed by atoms with van der Waals surface area (Å²) in [7, 11) is 1.37. The quantitative estimate of drug-likeness (QED) is 0.260. The highest BCUT2D eigenvalue weighted by Crippen LogP contribution is 2.76. The van der Waals surface area contributed by atoms with Gasteiger partial charge in [0.2, 0.25) is 0 Å². The minimum atomic E-state index is -0.672. The van der Waals surface area contributed by atoms with Crippen LogP contribution in [0.2, 0.25) is 0 Å². The minimum absolute atomic E-state index is 0.0651. The van der Waals surface area contributed by atoms with E-state index in [-0.39, 0.29) is 39.1 Å². The third kappa shape index (κ3) is 4.34. The van der Waals surface area contributed by atoms with E-state index < -0.39 is 12.0 Å². The predicted molar refractivity (Wildman–Crippen MR) is 167 cm³/mol. The van der Waals surface area contributed by atoms with Crippen molar-refractivity contribution in [2.45, 2.75) is 131 Å². The van der Waals surface area contributed by atoms with Crippen LogP contribution in [0.25, 0.3) is 0 Å². The number of nitrogens with one attached hydrogen (secondary N) is 2. The molecule has 0 heterocycles. The van der Waals surface area contributed by atoms with Gasteiger partial charge in [0.1, 0.15) is 11.8 Å². The maximum Gasteiger partial charge on any atom is 0.328 e. The van der Waals surface area contributed by atoms with Gasteiger partial charge in [-0.2, -0.15) is 0 Å². The third-order valence-electron chi connectivity index (χ3n) is 14.6. The van der Waals surface area contributed by atoms with Crippen molar-refractivity contribution in [3.8, 4) is 0 Å². The van der Waals surface area contributed by atoms with Crippen LogP contribution in [0.1, 0.15) is 120 Å². The molecule has 42 heavy (non-hydrogen) atoms. The molecule has 0 aliphatic heterocycles. The van der Waals surface area contributed by atoms with Gasteiger partial charge in [0, 0.05) is 17.4 Å². The number of Topliss-reactive ketones (excluding diaryl/α,β-unsaturated/α-hetero) is 1. The second-order valence-electron chi connectivity index (χ2n) is 16.8. The first-order valence-electron chi connectivity index (χ1n) is 16.8. The number of esters is 1. The molecule has 5 aliphatic rings. The highest BCUT2D eigenvalue weighted by Gasteiger charge is 2.71. The van der Waals surface area contributed by atoms with Crippen molar-refractivity contribution in [2.75, 3.05) is 7.11 Å². The highest BCUT2D eigenvalue weighted by molar-refractivity contribution is 5.85. The summed E-state index contributed by atoms with van der Waals surface area (Å²) in [6.45, 7) is 22.7. The van der Waals surface area contributed by atoms with Crippen molar-refractivity contribution in [3.63, 3.8) is 0 Å². The molecule has 5 aliphatic carbocycles. The number of allylic oxidation sites excluding steroid dienone is 1. The van der Waals surface area contributed by atoms with Crippen LogP contribution in [0.5, 0.6) is 0 Å². The first kappa shape index (κ1) is 31.6. The van der Waals surface area contributed by atoms with Crippen LogP contribution in [0.4, 0.5) is 4.79 Å².